The van der Waals surface area contributed by atoms with E-state index in [1.807, 2.05) is 0 Å². The number of ether oxygens (including phenoxy) is 1. The molecular formula is C12H14N2O5S. The highest BCUT2D eigenvalue weighted by Crippen LogP contribution is 2.13. The Hall–Kier alpha value is -2.22. The number of benzene rings is 1. The molecule has 0 aliphatic heterocycles. The van der Waals surface area contributed by atoms with Crippen molar-refractivity contribution in [3.8, 4) is 0 Å². The van der Waals surface area contributed by atoms with E-state index in [0.717, 1.165) is 6.26 Å². The summed E-state index contributed by atoms with van der Waals surface area (Å²) in [6.45, 7) is 1.74. The highest BCUT2D eigenvalue weighted by molar-refractivity contribution is 7.90. The van der Waals surface area contributed by atoms with Gasteiger partial charge >= 0.3 is 5.97 Å². The Morgan fingerprint density at radius 2 is 1.95 bits per heavy atom. The van der Waals surface area contributed by atoms with E-state index < -0.39 is 21.5 Å². The summed E-state index contributed by atoms with van der Waals surface area (Å²) in [4.78, 5) is 22.1. The lowest BCUT2D eigenvalue weighted by Gasteiger charge is -2.03. The van der Waals surface area contributed by atoms with Gasteiger partial charge in [0.25, 0.3) is 0 Å². The summed E-state index contributed by atoms with van der Waals surface area (Å²) in [5, 5.41) is 3.60. The number of hydrazone groups is 1. The van der Waals surface area contributed by atoms with Crippen LogP contribution in [0.4, 0.5) is 5.69 Å². The minimum Gasteiger partial charge on any atom is -0.461 e. The molecule has 0 amide bonds. The number of anilines is 1. The number of rotatable bonds is 6. The van der Waals surface area contributed by atoms with Crippen LogP contribution in [0.1, 0.15) is 6.92 Å². The van der Waals surface area contributed by atoms with Gasteiger partial charge in [-0.25, -0.2) is 13.2 Å². The van der Waals surface area contributed by atoms with Crippen molar-refractivity contribution in [1.82, 2.24) is 0 Å². The third-order valence-corrected chi connectivity index (χ3v) is 3.31. The average molecular weight is 298 g/mol. The molecule has 0 saturated heterocycles. The molecule has 0 aliphatic carbocycles. The van der Waals surface area contributed by atoms with Crippen LogP contribution in [0.5, 0.6) is 0 Å². The van der Waals surface area contributed by atoms with Crippen LogP contribution < -0.4 is 5.43 Å². The Labute approximate surface area is 116 Å². The number of nitrogens with zero attached hydrogens (tertiary/aromatic N) is 1. The second kappa shape index (κ2) is 6.80. The second-order valence-electron chi connectivity index (χ2n) is 3.74. The molecule has 0 heterocycles. The third-order valence-electron chi connectivity index (χ3n) is 2.18. The number of sulfone groups is 1. The van der Waals surface area contributed by atoms with Gasteiger partial charge in [-0.1, -0.05) is 0 Å². The lowest BCUT2D eigenvalue weighted by atomic mass is 10.3. The smallest absolute Gasteiger partial charge is 0.362 e. The average Bonchev–Trinajstić information content (AvgIpc) is 2.39. The summed E-state index contributed by atoms with van der Waals surface area (Å²) in [7, 11) is -3.27. The van der Waals surface area contributed by atoms with E-state index in [1.165, 1.54) is 24.3 Å². The van der Waals surface area contributed by atoms with Crippen molar-refractivity contribution in [3.63, 3.8) is 0 Å². The van der Waals surface area contributed by atoms with Crippen molar-refractivity contribution >= 4 is 33.5 Å². The van der Waals surface area contributed by atoms with Gasteiger partial charge in [0, 0.05) is 6.26 Å². The zero-order valence-electron chi connectivity index (χ0n) is 11.0. The fourth-order valence-electron chi connectivity index (χ4n) is 1.23. The van der Waals surface area contributed by atoms with E-state index in [0.29, 0.717) is 5.69 Å². The van der Waals surface area contributed by atoms with Crippen molar-refractivity contribution in [3.05, 3.63) is 24.3 Å². The molecule has 0 bridgehead atoms. The summed E-state index contributed by atoms with van der Waals surface area (Å²) in [6.07, 6.45) is 1.37. The van der Waals surface area contributed by atoms with Crippen LogP contribution >= 0.6 is 0 Å². The molecule has 0 saturated carbocycles. The van der Waals surface area contributed by atoms with Crippen molar-refractivity contribution in [2.45, 2.75) is 11.8 Å². The summed E-state index contributed by atoms with van der Waals surface area (Å²) < 4.78 is 27.2. The van der Waals surface area contributed by atoms with Gasteiger partial charge in [-0.2, -0.15) is 5.10 Å². The van der Waals surface area contributed by atoms with Crippen LogP contribution in [-0.4, -0.2) is 39.2 Å². The maximum atomic E-state index is 11.3. The van der Waals surface area contributed by atoms with Gasteiger partial charge in [0.15, 0.2) is 16.1 Å². The van der Waals surface area contributed by atoms with Gasteiger partial charge in [0.2, 0.25) is 5.71 Å². The first-order chi connectivity index (χ1) is 9.38. The SMILES string of the molecule is CCOC(=O)/C(C=O)=N/Nc1ccc(S(C)(=O)=O)cc1. The van der Waals surface area contributed by atoms with Gasteiger partial charge in [-0.05, 0) is 31.2 Å². The molecule has 1 N–H and O–H groups in total. The quantitative estimate of drug-likeness (QED) is 0.271. The first-order valence-corrected chi connectivity index (χ1v) is 7.53. The lowest BCUT2D eigenvalue weighted by Crippen LogP contribution is -2.20. The van der Waals surface area contributed by atoms with Gasteiger partial charge in [0.05, 0.1) is 17.2 Å². The molecular weight excluding hydrogens is 284 g/mol. The molecule has 0 aliphatic rings. The number of nitrogens with one attached hydrogen (secondary N) is 1. The number of esters is 1. The fourth-order valence-corrected chi connectivity index (χ4v) is 1.86. The maximum Gasteiger partial charge on any atom is 0.362 e. The van der Waals surface area contributed by atoms with Gasteiger partial charge in [0.1, 0.15) is 0 Å². The van der Waals surface area contributed by atoms with Crippen molar-refractivity contribution < 1.29 is 22.7 Å². The molecule has 0 aromatic heterocycles. The standard InChI is InChI=1S/C12H14N2O5S/c1-3-19-12(16)11(8-15)14-13-9-4-6-10(7-5-9)20(2,17)18/h4-8,13H,3H2,1-2H3/b14-11+. The molecule has 1 aromatic rings. The summed E-state index contributed by atoms with van der Waals surface area (Å²) in [5.41, 5.74) is 2.50. The summed E-state index contributed by atoms with van der Waals surface area (Å²) >= 11 is 0. The first-order valence-electron chi connectivity index (χ1n) is 5.64. The molecule has 20 heavy (non-hydrogen) atoms. The Bertz CT molecular complexity index is 620. The second-order valence-corrected chi connectivity index (χ2v) is 5.76. The molecule has 1 aromatic carbocycles. The van der Waals surface area contributed by atoms with E-state index in [1.54, 1.807) is 6.92 Å². The van der Waals surface area contributed by atoms with Gasteiger partial charge in [-0.15, -0.1) is 0 Å². The highest BCUT2D eigenvalue weighted by atomic mass is 32.2. The fraction of sp³-hybridized carbons (Fsp3) is 0.250. The summed E-state index contributed by atoms with van der Waals surface area (Å²) in [6, 6.07) is 5.71. The molecule has 0 fully saturated rings. The number of aldehydes is 1. The van der Waals surface area contributed by atoms with Crippen LogP contribution in [0.2, 0.25) is 0 Å². The third kappa shape index (κ3) is 4.47. The van der Waals surface area contributed by atoms with Gasteiger partial charge in [-0.3, -0.25) is 10.2 Å². The Morgan fingerprint density at radius 3 is 2.40 bits per heavy atom. The monoisotopic (exact) mass is 298 g/mol. The molecule has 8 heteroatoms. The molecule has 0 radical (unpaired) electrons. The predicted octanol–water partition coefficient (Wildman–Crippen LogP) is 0.620. The molecule has 7 nitrogen and oxygen atoms in total. The number of hydrogen-bond acceptors (Lipinski definition) is 7. The molecule has 1 rings (SSSR count). The number of hydrogen-bond donors (Lipinski definition) is 1. The Morgan fingerprint density at radius 1 is 1.35 bits per heavy atom. The number of carbonyl (C=O) groups excluding carboxylic acids is 2. The minimum absolute atomic E-state index is 0.134. The van der Waals surface area contributed by atoms with Crippen LogP contribution in [0.3, 0.4) is 0 Å². The maximum absolute atomic E-state index is 11.3. The lowest BCUT2D eigenvalue weighted by molar-refractivity contribution is -0.135. The van der Waals surface area contributed by atoms with Crippen molar-refractivity contribution in [2.75, 3.05) is 18.3 Å². The Kier molecular flexibility index (Phi) is 5.39. The van der Waals surface area contributed by atoms with E-state index in [9.17, 15) is 18.0 Å². The predicted molar refractivity (Wildman–Crippen MR) is 73.3 cm³/mol. The topological polar surface area (TPSA) is 102 Å². The highest BCUT2D eigenvalue weighted by Gasteiger charge is 2.11. The van der Waals surface area contributed by atoms with Gasteiger partial charge < -0.3 is 4.74 Å². The molecule has 0 unspecified atom stereocenters. The van der Waals surface area contributed by atoms with Crippen molar-refractivity contribution in [2.24, 2.45) is 5.10 Å². The molecule has 0 spiro atoms. The van der Waals surface area contributed by atoms with Crippen molar-refractivity contribution in [1.29, 1.82) is 0 Å². The first kappa shape index (κ1) is 15.8. The largest absolute Gasteiger partial charge is 0.461 e. The van der Waals surface area contributed by atoms with E-state index in [4.69, 9.17) is 0 Å². The van der Waals surface area contributed by atoms with Crippen LogP contribution in [0.15, 0.2) is 34.3 Å². The van der Waals surface area contributed by atoms with E-state index in [2.05, 4.69) is 15.3 Å². The normalized spacial score (nSPS) is 11.8. The van der Waals surface area contributed by atoms with E-state index in [-0.39, 0.29) is 17.8 Å². The molecule has 0 atom stereocenters. The number of carbonyl (C=O) groups is 2. The van der Waals surface area contributed by atoms with E-state index >= 15 is 0 Å². The van der Waals surface area contributed by atoms with Crippen LogP contribution in [0, 0.1) is 0 Å². The van der Waals surface area contributed by atoms with Crippen LogP contribution in [-0.2, 0) is 24.2 Å². The Balaban J connectivity index is 2.83. The summed E-state index contributed by atoms with van der Waals surface area (Å²) in [5.74, 6) is -0.831. The zero-order valence-corrected chi connectivity index (χ0v) is 11.8. The molecule has 108 valence electrons. The zero-order chi connectivity index (χ0) is 15.2. The minimum atomic E-state index is -3.27. The van der Waals surface area contributed by atoms with Crippen LogP contribution in [0.25, 0.3) is 0 Å².